The second-order valence-electron chi connectivity index (χ2n) is 6.46. The zero-order valence-corrected chi connectivity index (χ0v) is 14.2. The Morgan fingerprint density at radius 3 is 2.73 bits per heavy atom. The van der Waals surface area contributed by atoms with Crippen molar-refractivity contribution >= 4 is 5.69 Å². The lowest BCUT2D eigenvalue weighted by Crippen LogP contribution is -2.42. The largest absolute Gasteiger partial charge is 0.369 e. The van der Waals surface area contributed by atoms with Gasteiger partial charge in [-0.2, -0.15) is 0 Å². The standard InChI is InChI=1S/C18H30FN3/c1-4-5-10-20-14-15-6-7-17(19)18(13-15)22(3)16-8-11-21(2)12-9-16/h6-7,13,16,20H,4-5,8-12,14H2,1-3H3. The van der Waals surface area contributed by atoms with Crippen LogP contribution in [0.15, 0.2) is 18.2 Å². The second-order valence-corrected chi connectivity index (χ2v) is 6.46. The molecule has 1 heterocycles. The van der Waals surface area contributed by atoms with E-state index in [2.05, 4.69) is 29.1 Å². The SMILES string of the molecule is CCCCNCc1ccc(F)c(N(C)C2CCN(C)CC2)c1. The first-order chi connectivity index (χ1) is 10.6. The van der Waals surface area contributed by atoms with E-state index in [0.29, 0.717) is 6.04 Å². The Hall–Kier alpha value is -1.13. The van der Waals surface area contributed by atoms with Gasteiger partial charge < -0.3 is 15.1 Å². The molecule has 0 saturated carbocycles. The highest BCUT2D eigenvalue weighted by molar-refractivity contribution is 5.50. The number of nitrogens with zero attached hydrogens (tertiary/aromatic N) is 2. The van der Waals surface area contributed by atoms with Crippen molar-refractivity contribution in [1.29, 1.82) is 0 Å². The highest BCUT2D eigenvalue weighted by atomic mass is 19.1. The number of benzene rings is 1. The van der Waals surface area contributed by atoms with Crippen LogP contribution in [0.5, 0.6) is 0 Å². The van der Waals surface area contributed by atoms with E-state index in [4.69, 9.17) is 0 Å². The summed E-state index contributed by atoms with van der Waals surface area (Å²) in [6, 6.07) is 5.94. The maximum Gasteiger partial charge on any atom is 0.146 e. The zero-order chi connectivity index (χ0) is 15.9. The molecule has 0 aliphatic carbocycles. The molecule has 0 aromatic heterocycles. The summed E-state index contributed by atoms with van der Waals surface area (Å²) in [5.41, 5.74) is 1.90. The van der Waals surface area contributed by atoms with Gasteiger partial charge in [0.15, 0.2) is 0 Å². The van der Waals surface area contributed by atoms with Gasteiger partial charge in [0.05, 0.1) is 5.69 Å². The van der Waals surface area contributed by atoms with Gasteiger partial charge in [0.2, 0.25) is 0 Å². The number of likely N-dealkylation sites (tertiary alicyclic amines) is 1. The number of unbranched alkanes of at least 4 members (excludes halogenated alkanes) is 1. The third-order valence-electron chi connectivity index (χ3n) is 4.66. The van der Waals surface area contributed by atoms with Gasteiger partial charge >= 0.3 is 0 Å². The van der Waals surface area contributed by atoms with E-state index in [1.807, 2.05) is 19.2 Å². The van der Waals surface area contributed by atoms with Crippen LogP contribution in [-0.2, 0) is 6.54 Å². The molecule has 1 N–H and O–H groups in total. The first kappa shape index (κ1) is 17.2. The van der Waals surface area contributed by atoms with E-state index >= 15 is 0 Å². The van der Waals surface area contributed by atoms with Gasteiger partial charge in [0, 0.05) is 19.6 Å². The summed E-state index contributed by atoms with van der Waals surface area (Å²) in [6.07, 6.45) is 4.58. The molecular formula is C18H30FN3. The molecule has 0 atom stereocenters. The van der Waals surface area contributed by atoms with Crippen LogP contribution in [0.3, 0.4) is 0 Å². The summed E-state index contributed by atoms with van der Waals surface area (Å²) in [5.74, 6) is -0.112. The van der Waals surface area contributed by atoms with E-state index in [-0.39, 0.29) is 5.82 Å². The van der Waals surface area contributed by atoms with Crippen molar-refractivity contribution in [2.75, 3.05) is 38.6 Å². The molecule has 0 spiro atoms. The van der Waals surface area contributed by atoms with Crippen LogP contribution < -0.4 is 10.2 Å². The van der Waals surface area contributed by atoms with Crippen LogP contribution in [0, 0.1) is 5.82 Å². The fourth-order valence-corrected chi connectivity index (χ4v) is 3.05. The molecule has 0 amide bonds. The molecule has 124 valence electrons. The number of hydrogen-bond donors (Lipinski definition) is 1. The van der Waals surface area contributed by atoms with Crippen molar-refractivity contribution in [3.63, 3.8) is 0 Å². The Morgan fingerprint density at radius 2 is 2.05 bits per heavy atom. The fourth-order valence-electron chi connectivity index (χ4n) is 3.05. The molecule has 1 fully saturated rings. The van der Waals surface area contributed by atoms with Crippen molar-refractivity contribution in [3.8, 4) is 0 Å². The number of rotatable bonds is 7. The van der Waals surface area contributed by atoms with E-state index in [9.17, 15) is 4.39 Å². The lowest BCUT2D eigenvalue weighted by Gasteiger charge is -2.36. The van der Waals surface area contributed by atoms with Crippen molar-refractivity contribution in [2.24, 2.45) is 0 Å². The number of hydrogen-bond acceptors (Lipinski definition) is 3. The van der Waals surface area contributed by atoms with Gasteiger partial charge in [-0.05, 0) is 63.6 Å². The molecule has 1 aromatic rings. The van der Waals surface area contributed by atoms with Crippen molar-refractivity contribution in [3.05, 3.63) is 29.6 Å². The van der Waals surface area contributed by atoms with Crippen molar-refractivity contribution in [1.82, 2.24) is 10.2 Å². The average Bonchev–Trinajstić information content (AvgIpc) is 2.53. The van der Waals surface area contributed by atoms with Crippen LogP contribution >= 0.6 is 0 Å². The van der Waals surface area contributed by atoms with Crippen molar-refractivity contribution < 1.29 is 4.39 Å². The Bertz CT molecular complexity index is 456. The summed E-state index contributed by atoms with van der Waals surface area (Å²) in [6.45, 7) is 6.21. The highest BCUT2D eigenvalue weighted by Crippen LogP contribution is 2.25. The van der Waals surface area contributed by atoms with E-state index in [0.717, 1.165) is 50.3 Å². The van der Waals surface area contributed by atoms with Gasteiger partial charge in [-0.3, -0.25) is 0 Å². The minimum Gasteiger partial charge on any atom is -0.369 e. The number of piperidine rings is 1. The molecule has 0 radical (unpaired) electrons. The van der Waals surface area contributed by atoms with Crippen LogP contribution in [0.1, 0.15) is 38.2 Å². The predicted molar refractivity (Wildman–Crippen MR) is 91.9 cm³/mol. The maximum absolute atomic E-state index is 14.2. The minimum absolute atomic E-state index is 0.112. The molecule has 1 aliphatic heterocycles. The monoisotopic (exact) mass is 307 g/mol. The second kappa shape index (κ2) is 8.49. The normalized spacial score (nSPS) is 16.9. The molecule has 1 aliphatic rings. The predicted octanol–water partition coefficient (Wildman–Crippen LogP) is 3.25. The summed E-state index contributed by atoms with van der Waals surface area (Å²) in [5, 5.41) is 3.43. The van der Waals surface area contributed by atoms with Gasteiger partial charge in [0.1, 0.15) is 5.82 Å². The van der Waals surface area contributed by atoms with Gasteiger partial charge in [-0.15, -0.1) is 0 Å². The third-order valence-corrected chi connectivity index (χ3v) is 4.66. The van der Waals surface area contributed by atoms with Crippen LogP contribution in [0.25, 0.3) is 0 Å². The van der Waals surface area contributed by atoms with Crippen LogP contribution in [-0.4, -0.2) is 44.7 Å². The van der Waals surface area contributed by atoms with Gasteiger partial charge in [-0.1, -0.05) is 19.4 Å². The lowest BCUT2D eigenvalue weighted by molar-refractivity contribution is 0.252. The smallest absolute Gasteiger partial charge is 0.146 e. The fraction of sp³-hybridized carbons (Fsp3) is 0.667. The maximum atomic E-state index is 14.2. The van der Waals surface area contributed by atoms with Gasteiger partial charge in [0.25, 0.3) is 0 Å². The highest BCUT2D eigenvalue weighted by Gasteiger charge is 2.22. The first-order valence-electron chi connectivity index (χ1n) is 8.52. The van der Waals surface area contributed by atoms with Crippen molar-refractivity contribution in [2.45, 2.75) is 45.2 Å². The first-order valence-corrected chi connectivity index (χ1v) is 8.52. The number of halogens is 1. The summed E-state index contributed by atoms with van der Waals surface area (Å²) >= 11 is 0. The van der Waals surface area contributed by atoms with E-state index in [1.54, 1.807) is 6.07 Å². The van der Waals surface area contributed by atoms with Crippen LogP contribution in [0.2, 0.25) is 0 Å². The summed E-state index contributed by atoms with van der Waals surface area (Å²) in [7, 11) is 4.18. The molecular weight excluding hydrogens is 277 g/mol. The molecule has 22 heavy (non-hydrogen) atoms. The minimum atomic E-state index is -0.112. The Morgan fingerprint density at radius 1 is 1.32 bits per heavy atom. The molecule has 0 bridgehead atoms. The Labute approximate surface area is 134 Å². The van der Waals surface area contributed by atoms with Gasteiger partial charge in [-0.25, -0.2) is 4.39 Å². The molecule has 1 aromatic carbocycles. The van der Waals surface area contributed by atoms with E-state index in [1.165, 1.54) is 12.8 Å². The molecule has 2 rings (SSSR count). The summed E-state index contributed by atoms with van der Waals surface area (Å²) < 4.78 is 14.2. The zero-order valence-electron chi connectivity index (χ0n) is 14.2. The molecule has 4 heteroatoms. The summed E-state index contributed by atoms with van der Waals surface area (Å²) in [4.78, 5) is 4.48. The molecule has 0 unspecified atom stereocenters. The van der Waals surface area contributed by atoms with Crippen LogP contribution in [0.4, 0.5) is 10.1 Å². The number of anilines is 1. The third kappa shape index (κ3) is 4.68. The topological polar surface area (TPSA) is 18.5 Å². The quantitative estimate of drug-likeness (QED) is 0.780. The number of nitrogens with one attached hydrogen (secondary N) is 1. The lowest BCUT2D eigenvalue weighted by atomic mass is 10.0. The van der Waals surface area contributed by atoms with E-state index < -0.39 is 0 Å². The Balaban J connectivity index is 1.99. The Kier molecular flexibility index (Phi) is 6.65. The molecule has 1 saturated heterocycles. The molecule has 3 nitrogen and oxygen atoms in total. The average molecular weight is 307 g/mol.